The van der Waals surface area contributed by atoms with E-state index in [1.165, 1.54) is 0 Å². The van der Waals surface area contributed by atoms with Crippen LogP contribution in [-0.4, -0.2) is 61.5 Å². The number of hydrogen-bond donors (Lipinski definition) is 2. The highest BCUT2D eigenvalue weighted by Gasteiger charge is 2.26. The first-order chi connectivity index (χ1) is 9.33. The van der Waals surface area contributed by atoms with Gasteiger partial charge in [0.2, 0.25) is 0 Å². The van der Waals surface area contributed by atoms with Crippen molar-refractivity contribution in [1.82, 2.24) is 10.2 Å². The topological polar surface area (TPSA) is 76.8 Å². The normalized spacial score (nSPS) is 20.9. The molecule has 0 aliphatic carbocycles. The molecule has 0 aromatic carbocycles. The van der Waals surface area contributed by atoms with Crippen LogP contribution in [0.15, 0.2) is 0 Å². The summed E-state index contributed by atoms with van der Waals surface area (Å²) in [6.07, 6.45) is 0.602. The second-order valence-electron chi connectivity index (χ2n) is 6.24. The first kappa shape index (κ1) is 17.2. The fourth-order valence-corrected chi connectivity index (χ4v) is 2.36. The van der Waals surface area contributed by atoms with Gasteiger partial charge in [0.15, 0.2) is 0 Å². The fraction of sp³-hybridized carbons (Fsp3) is 0.929. The Labute approximate surface area is 122 Å². The zero-order valence-corrected chi connectivity index (χ0v) is 13.1. The molecule has 3 N–H and O–H groups in total. The molecule has 0 aromatic rings. The lowest BCUT2D eigenvalue weighted by atomic mass is 10.1. The Kier molecular flexibility index (Phi) is 6.71. The number of carbonyl (C=O) groups excluding carboxylic acids is 1. The summed E-state index contributed by atoms with van der Waals surface area (Å²) in [5.74, 6) is 0. The second-order valence-corrected chi connectivity index (χ2v) is 6.24. The SMILES string of the molecule is CC(NC(=O)OC(C)(C)C)C(CN)N1CCCOCC1. The predicted molar refractivity (Wildman–Crippen MR) is 78.7 cm³/mol. The van der Waals surface area contributed by atoms with E-state index < -0.39 is 11.7 Å². The van der Waals surface area contributed by atoms with E-state index in [2.05, 4.69) is 10.2 Å². The molecule has 1 aliphatic rings. The summed E-state index contributed by atoms with van der Waals surface area (Å²) in [6.45, 7) is 11.3. The summed E-state index contributed by atoms with van der Waals surface area (Å²) in [4.78, 5) is 14.1. The van der Waals surface area contributed by atoms with E-state index in [4.69, 9.17) is 15.2 Å². The van der Waals surface area contributed by atoms with E-state index in [9.17, 15) is 4.79 Å². The lowest BCUT2D eigenvalue weighted by Gasteiger charge is -2.34. The summed E-state index contributed by atoms with van der Waals surface area (Å²) < 4.78 is 10.7. The molecule has 2 atom stereocenters. The van der Waals surface area contributed by atoms with Crippen molar-refractivity contribution in [3.05, 3.63) is 0 Å². The Bertz CT molecular complexity index is 297. The van der Waals surface area contributed by atoms with Gasteiger partial charge in [-0.15, -0.1) is 0 Å². The van der Waals surface area contributed by atoms with E-state index >= 15 is 0 Å². The molecule has 0 aromatic heterocycles. The second kappa shape index (κ2) is 7.81. The number of nitrogens with zero attached hydrogens (tertiary/aromatic N) is 1. The molecule has 1 rings (SSSR count). The monoisotopic (exact) mass is 287 g/mol. The van der Waals surface area contributed by atoms with Crippen molar-refractivity contribution in [2.24, 2.45) is 5.73 Å². The van der Waals surface area contributed by atoms with Crippen LogP contribution in [0.5, 0.6) is 0 Å². The number of nitrogens with one attached hydrogen (secondary N) is 1. The molecular formula is C14H29N3O3. The van der Waals surface area contributed by atoms with Gasteiger partial charge in [0, 0.05) is 38.3 Å². The first-order valence-corrected chi connectivity index (χ1v) is 7.35. The molecule has 1 heterocycles. The van der Waals surface area contributed by atoms with E-state index in [0.29, 0.717) is 6.54 Å². The Morgan fingerprint density at radius 1 is 1.40 bits per heavy atom. The summed E-state index contributed by atoms with van der Waals surface area (Å²) in [5.41, 5.74) is 5.40. The van der Waals surface area contributed by atoms with Crippen LogP contribution in [0.4, 0.5) is 4.79 Å². The molecule has 1 amide bonds. The summed E-state index contributed by atoms with van der Waals surface area (Å²) in [7, 11) is 0. The van der Waals surface area contributed by atoms with Gasteiger partial charge in [0.1, 0.15) is 5.60 Å². The highest BCUT2D eigenvalue weighted by Crippen LogP contribution is 2.10. The van der Waals surface area contributed by atoms with Gasteiger partial charge < -0.3 is 20.5 Å². The van der Waals surface area contributed by atoms with E-state index in [1.807, 2.05) is 27.7 Å². The first-order valence-electron chi connectivity index (χ1n) is 7.35. The zero-order valence-electron chi connectivity index (χ0n) is 13.1. The quantitative estimate of drug-likeness (QED) is 0.805. The van der Waals surface area contributed by atoms with Gasteiger partial charge in [-0.1, -0.05) is 0 Å². The van der Waals surface area contributed by atoms with Crippen LogP contribution in [0.1, 0.15) is 34.1 Å². The third-order valence-electron chi connectivity index (χ3n) is 3.29. The zero-order chi connectivity index (χ0) is 15.2. The molecule has 6 nitrogen and oxygen atoms in total. The molecule has 0 radical (unpaired) electrons. The number of carbonyl (C=O) groups is 1. The van der Waals surface area contributed by atoms with Crippen LogP contribution >= 0.6 is 0 Å². The van der Waals surface area contributed by atoms with Gasteiger partial charge in [0.05, 0.1) is 6.61 Å². The van der Waals surface area contributed by atoms with Crippen LogP contribution in [-0.2, 0) is 9.47 Å². The lowest BCUT2D eigenvalue weighted by molar-refractivity contribution is 0.0468. The largest absolute Gasteiger partial charge is 0.444 e. The molecule has 20 heavy (non-hydrogen) atoms. The van der Waals surface area contributed by atoms with Crippen LogP contribution < -0.4 is 11.1 Å². The lowest BCUT2D eigenvalue weighted by Crippen LogP contribution is -2.55. The molecule has 1 fully saturated rings. The van der Waals surface area contributed by atoms with E-state index in [-0.39, 0.29) is 12.1 Å². The summed E-state index contributed by atoms with van der Waals surface area (Å²) >= 11 is 0. The van der Waals surface area contributed by atoms with Crippen LogP contribution in [0.25, 0.3) is 0 Å². The molecule has 0 spiro atoms. The minimum absolute atomic E-state index is 0.0621. The van der Waals surface area contributed by atoms with E-state index in [0.717, 1.165) is 32.7 Å². The summed E-state index contributed by atoms with van der Waals surface area (Å²) in [6, 6.07) is 0.0390. The molecule has 0 bridgehead atoms. The number of nitrogens with two attached hydrogens (primary N) is 1. The molecule has 1 saturated heterocycles. The van der Waals surface area contributed by atoms with Crippen molar-refractivity contribution >= 4 is 6.09 Å². The maximum Gasteiger partial charge on any atom is 0.407 e. The number of ether oxygens (including phenoxy) is 2. The van der Waals surface area contributed by atoms with Gasteiger partial charge >= 0.3 is 6.09 Å². The third-order valence-corrected chi connectivity index (χ3v) is 3.29. The Morgan fingerprint density at radius 2 is 2.10 bits per heavy atom. The average molecular weight is 287 g/mol. The van der Waals surface area contributed by atoms with Crippen molar-refractivity contribution in [3.63, 3.8) is 0 Å². The van der Waals surface area contributed by atoms with Gasteiger partial charge in [0.25, 0.3) is 0 Å². The van der Waals surface area contributed by atoms with Crippen molar-refractivity contribution in [3.8, 4) is 0 Å². The Balaban J connectivity index is 2.53. The number of hydrogen-bond acceptors (Lipinski definition) is 5. The number of amides is 1. The molecule has 1 aliphatic heterocycles. The van der Waals surface area contributed by atoms with Crippen molar-refractivity contribution < 1.29 is 14.3 Å². The maximum atomic E-state index is 11.8. The third kappa shape index (κ3) is 6.07. The van der Waals surface area contributed by atoms with Gasteiger partial charge in [-0.2, -0.15) is 0 Å². The van der Waals surface area contributed by atoms with E-state index in [1.54, 1.807) is 0 Å². The van der Waals surface area contributed by atoms with Crippen molar-refractivity contribution in [2.75, 3.05) is 32.8 Å². The molecule has 0 saturated carbocycles. The maximum absolute atomic E-state index is 11.8. The van der Waals surface area contributed by atoms with Gasteiger partial charge in [-0.05, 0) is 34.1 Å². The van der Waals surface area contributed by atoms with Crippen molar-refractivity contribution in [1.29, 1.82) is 0 Å². The standard InChI is InChI=1S/C14H29N3O3/c1-11(16-13(18)20-14(2,3)4)12(10-15)17-6-5-8-19-9-7-17/h11-12H,5-10,15H2,1-4H3,(H,16,18). The smallest absolute Gasteiger partial charge is 0.407 e. The van der Waals surface area contributed by atoms with Gasteiger partial charge in [-0.25, -0.2) is 4.79 Å². The Hall–Kier alpha value is -0.850. The van der Waals surface area contributed by atoms with Crippen molar-refractivity contribution in [2.45, 2.75) is 51.8 Å². The minimum Gasteiger partial charge on any atom is -0.444 e. The van der Waals surface area contributed by atoms with Crippen LogP contribution in [0.2, 0.25) is 0 Å². The molecule has 118 valence electrons. The number of rotatable bonds is 4. The molecular weight excluding hydrogens is 258 g/mol. The van der Waals surface area contributed by atoms with Crippen LogP contribution in [0, 0.1) is 0 Å². The molecule has 2 unspecified atom stereocenters. The highest BCUT2D eigenvalue weighted by molar-refractivity contribution is 5.68. The van der Waals surface area contributed by atoms with Gasteiger partial charge in [-0.3, -0.25) is 4.90 Å². The minimum atomic E-state index is -0.488. The highest BCUT2D eigenvalue weighted by atomic mass is 16.6. The fourth-order valence-electron chi connectivity index (χ4n) is 2.36. The number of alkyl carbamates (subject to hydrolysis) is 1. The molecule has 6 heteroatoms. The predicted octanol–water partition coefficient (Wildman–Crippen LogP) is 0.949. The Morgan fingerprint density at radius 3 is 2.70 bits per heavy atom. The van der Waals surface area contributed by atoms with Crippen LogP contribution in [0.3, 0.4) is 0 Å². The average Bonchev–Trinajstić information content (AvgIpc) is 2.56. The summed E-state index contributed by atoms with van der Waals surface area (Å²) in [5, 5.41) is 2.88.